The van der Waals surface area contributed by atoms with Gasteiger partial charge < -0.3 is 19.3 Å². The molecule has 0 unspecified atom stereocenters. The van der Waals surface area contributed by atoms with Gasteiger partial charge in [-0.25, -0.2) is 0 Å². The molecular weight excluding hydrogens is 334 g/mol. The van der Waals surface area contributed by atoms with E-state index in [9.17, 15) is 4.79 Å². The van der Waals surface area contributed by atoms with Gasteiger partial charge in [0.15, 0.2) is 5.82 Å². The van der Waals surface area contributed by atoms with E-state index in [1.807, 2.05) is 30.3 Å². The fourth-order valence-electron chi connectivity index (χ4n) is 2.29. The predicted octanol–water partition coefficient (Wildman–Crippen LogP) is 2.98. The Labute approximate surface area is 150 Å². The van der Waals surface area contributed by atoms with Crippen molar-refractivity contribution in [1.29, 1.82) is 0 Å². The number of amides is 1. The quantitative estimate of drug-likeness (QED) is 0.670. The van der Waals surface area contributed by atoms with E-state index in [1.54, 1.807) is 31.4 Å². The van der Waals surface area contributed by atoms with E-state index in [1.165, 1.54) is 0 Å². The molecule has 7 nitrogen and oxygen atoms in total. The van der Waals surface area contributed by atoms with Crippen LogP contribution in [-0.2, 0) is 17.8 Å². The number of carbonyl (C=O) groups is 1. The van der Waals surface area contributed by atoms with Crippen LogP contribution in [-0.4, -0.2) is 29.7 Å². The molecule has 0 aliphatic rings. The molecule has 3 aromatic rings. The number of ether oxygens (including phenoxy) is 2. The Morgan fingerprint density at radius 3 is 2.73 bits per heavy atom. The fraction of sp³-hybridized carbons (Fsp3) is 0.211. The van der Waals surface area contributed by atoms with Crippen molar-refractivity contribution in [3.05, 3.63) is 71.9 Å². The lowest BCUT2D eigenvalue weighted by Gasteiger charge is -2.08. The van der Waals surface area contributed by atoms with Gasteiger partial charge in [0, 0.05) is 25.6 Å². The molecule has 1 amide bonds. The van der Waals surface area contributed by atoms with E-state index in [-0.39, 0.29) is 5.91 Å². The molecule has 0 aliphatic heterocycles. The zero-order valence-electron chi connectivity index (χ0n) is 14.3. The Morgan fingerprint density at radius 2 is 1.92 bits per heavy atom. The number of methoxy groups -OCH3 is 1. The SMILES string of the molecule is COCc1noc(CCNC(=O)c2cccc(Oc3ccccc3)c2)n1. The van der Waals surface area contributed by atoms with Crippen LogP contribution in [0.5, 0.6) is 11.5 Å². The van der Waals surface area contributed by atoms with Gasteiger partial charge in [-0.05, 0) is 30.3 Å². The fourth-order valence-corrected chi connectivity index (χ4v) is 2.29. The second-order valence-corrected chi connectivity index (χ2v) is 5.49. The average molecular weight is 353 g/mol. The van der Waals surface area contributed by atoms with Crippen LogP contribution in [0.15, 0.2) is 59.1 Å². The molecule has 0 saturated carbocycles. The maximum absolute atomic E-state index is 12.3. The lowest BCUT2D eigenvalue weighted by molar-refractivity contribution is 0.0953. The number of nitrogens with zero attached hydrogens (tertiary/aromatic N) is 2. The number of carbonyl (C=O) groups excluding carboxylic acids is 1. The summed E-state index contributed by atoms with van der Waals surface area (Å²) in [4.78, 5) is 16.5. The molecule has 1 heterocycles. The molecule has 3 rings (SSSR count). The third-order valence-corrected chi connectivity index (χ3v) is 3.48. The van der Waals surface area contributed by atoms with Crippen molar-refractivity contribution in [2.24, 2.45) is 0 Å². The van der Waals surface area contributed by atoms with E-state index in [2.05, 4.69) is 15.5 Å². The second-order valence-electron chi connectivity index (χ2n) is 5.49. The molecule has 0 radical (unpaired) electrons. The molecule has 2 aromatic carbocycles. The van der Waals surface area contributed by atoms with Gasteiger partial charge in [0.2, 0.25) is 5.89 Å². The standard InChI is InChI=1S/C19H19N3O4/c1-24-13-17-21-18(26-22-17)10-11-20-19(23)14-6-5-9-16(12-14)25-15-7-3-2-4-8-15/h2-9,12H,10-11,13H2,1H3,(H,20,23). The summed E-state index contributed by atoms with van der Waals surface area (Å²) in [7, 11) is 1.56. The number of nitrogens with one attached hydrogen (secondary N) is 1. The number of hydrogen-bond donors (Lipinski definition) is 1. The highest BCUT2D eigenvalue weighted by molar-refractivity contribution is 5.94. The molecule has 0 spiro atoms. The summed E-state index contributed by atoms with van der Waals surface area (Å²) in [5.41, 5.74) is 0.518. The zero-order chi connectivity index (χ0) is 18.2. The number of para-hydroxylation sites is 1. The van der Waals surface area contributed by atoms with E-state index < -0.39 is 0 Å². The first-order chi connectivity index (χ1) is 12.7. The van der Waals surface area contributed by atoms with Crippen molar-refractivity contribution in [1.82, 2.24) is 15.5 Å². The van der Waals surface area contributed by atoms with Gasteiger partial charge >= 0.3 is 0 Å². The minimum Gasteiger partial charge on any atom is -0.457 e. The molecule has 0 fully saturated rings. The molecule has 1 N–H and O–H groups in total. The Morgan fingerprint density at radius 1 is 1.12 bits per heavy atom. The Kier molecular flexibility index (Phi) is 5.95. The Hall–Kier alpha value is -3.19. The average Bonchev–Trinajstić information content (AvgIpc) is 3.10. The lowest BCUT2D eigenvalue weighted by Crippen LogP contribution is -2.25. The molecule has 0 atom stereocenters. The predicted molar refractivity (Wildman–Crippen MR) is 94.0 cm³/mol. The van der Waals surface area contributed by atoms with Gasteiger partial charge in [0.05, 0.1) is 0 Å². The molecule has 1 aromatic heterocycles. The van der Waals surface area contributed by atoms with Crippen LogP contribution in [0.25, 0.3) is 0 Å². The van der Waals surface area contributed by atoms with Crippen molar-refractivity contribution in [2.45, 2.75) is 13.0 Å². The largest absolute Gasteiger partial charge is 0.457 e. The van der Waals surface area contributed by atoms with Crippen LogP contribution in [0.2, 0.25) is 0 Å². The highest BCUT2D eigenvalue weighted by Gasteiger charge is 2.09. The third kappa shape index (κ3) is 4.90. The first-order valence-electron chi connectivity index (χ1n) is 8.16. The van der Waals surface area contributed by atoms with Crippen molar-refractivity contribution < 1.29 is 18.8 Å². The Balaban J connectivity index is 1.53. The van der Waals surface area contributed by atoms with Crippen LogP contribution in [0.3, 0.4) is 0 Å². The smallest absolute Gasteiger partial charge is 0.251 e. The molecule has 0 saturated heterocycles. The number of rotatable bonds is 8. The van der Waals surface area contributed by atoms with Gasteiger partial charge in [-0.1, -0.05) is 29.4 Å². The second kappa shape index (κ2) is 8.77. The van der Waals surface area contributed by atoms with Gasteiger partial charge in [-0.3, -0.25) is 4.79 Å². The van der Waals surface area contributed by atoms with Gasteiger partial charge in [-0.2, -0.15) is 4.98 Å². The van der Waals surface area contributed by atoms with Gasteiger partial charge in [-0.15, -0.1) is 0 Å². The van der Waals surface area contributed by atoms with Crippen LogP contribution in [0, 0.1) is 0 Å². The van der Waals surface area contributed by atoms with Crippen LogP contribution in [0.4, 0.5) is 0 Å². The molecule has 26 heavy (non-hydrogen) atoms. The number of benzene rings is 2. The maximum atomic E-state index is 12.3. The summed E-state index contributed by atoms with van der Waals surface area (Å²) in [6, 6.07) is 16.4. The summed E-state index contributed by atoms with van der Waals surface area (Å²) < 4.78 is 15.8. The van der Waals surface area contributed by atoms with Crippen molar-refractivity contribution >= 4 is 5.91 Å². The van der Waals surface area contributed by atoms with E-state index in [0.29, 0.717) is 48.4 Å². The normalized spacial score (nSPS) is 10.5. The molecule has 0 bridgehead atoms. The first-order valence-corrected chi connectivity index (χ1v) is 8.16. The van der Waals surface area contributed by atoms with Crippen LogP contribution >= 0.6 is 0 Å². The number of hydrogen-bond acceptors (Lipinski definition) is 6. The minimum absolute atomic E-state index is 0.194. The highest BCUT2D eigenvalue weighted by atomic mass is 16.5. The number of aromatic nitrogens is 2. The summed E-state index contributed by atoms with van der Waals surface area (Å²) in [6.45, 7) is 0.682. The summed E-state index contributed by atoms with van der Waals surface area (Å²) in [5, 5.41) is 6.60. The first kappa shape index (κ1) is 17.6. The topological polar surface area (TPSA) is 86.5 Å². The summed E-state index contributed by atoms with van der Waals surface area (Å²) in [5.74, 6) is 2.07. The van der Waals surface area contributed by atoms with Gasteiger partial charge in [0.25, 0.3) is 5.91 Å². The van der Waals surface area contributed by atoms with Crippen molar-refractivity contribution in [3.63, 3.8) is 0 Å². The van der Waals surface area contributed by atoms with Gasteiger partial charge in [0.1, 0.15) is 18.1 Å². The van der Waals surface area contributed by atoms with Crippen LogP contribution < -0.4 is 10.1 Å². The molecular formula is C19H19N3O4. The van der Waals surface area contributed by atoms with Crippen molar-refractivity contribution in [3.8, 4) is 11.5 Å². The molecule has 7 heteroatoms. The minimum atomic E-state index is -0.194. The highest BCUT2D eigenvalue weighted by Crippen LogP contribution is 2.21. The van der Waals surface area contributed by atoms with E-state index >= 15 is 0 Å². The zero-order valence-corrected chi connectivity index (χ0v) is 14.3. The van der Waals surface area contributed by atoms with Crippen molar-refractivity contribution in [2.75, 3.05) is 13.7 Å². The maximum Gasteiger partial charge on any atom is 0.251 e. The summed E-state index contributed by atoms with van der Waals surface area (Å²) in [6.07, 6.45) is 0.447. The molecule has 134 valence electrons. The molecule has 0 aliphatic carbocycles. The van der Waals surface area contributed by atoms with E-state index in [0.717, 1.165) is 0 Å². The Bertz CT molecular complexity index is 849. The van der Waals surface area contributed by atoms with Crippen LogP contribution in [0.1, 0.15) is 22.1 Å². The monoisotopic (exact) mass is 353 g/mol. The summed E-state index contributed by atoms with van der Waals surface area (Å²) >= 11 is 0. The third-order valence-electron chi connectivity index (χ3n) is 3.48. The van der Waals surface area contributed by atoms with E-state index in [4.69, 9.17) is 14.0 Å². The lowest BCUT2D eigenvalue weighted by atomic mass is 10.2.